The Hall–Kier alpha value is -2.13. The number of anilines is 1. The molecule has 2 bridgehead atoms. The zero-order valence-electron chi connectivity index (χ0n) is 16.3. The fourth-order valence-electron chi connectivity index (χ4n) is 6.07. The van der Waals surface area contributed by atoms with Gasteiger partial charge in [-0.3, -0.25) is 9.58 Å². The van der Waals surface area contributed by atoms with E-state index in [1.165, 1.54) is 24.7 Å². The number of hydrogen-bond acceptors (Lipinski definition) is 5. The Bertz CT molecular complexity index is 1050. The number of rotatable bonds is 5. The molecule has 9 heteroatoms. The van der Waals surface area contributed by atoms with Crippen LogP contribution in [0.5, 0.6) is 0 Å². The fraction of sp³-hybridized carbons (Fsp3) is 0.619. The Balaban J connectivity index is 1.26. The highest BCUT2D eigenvalue weighted by Gasteiger charge is 2.93. The third-order valence-electron chi connectivity index (χ3n) is 7.94. The highest BCUT2D eigenvalue weighted by atomic mass is 19.4. The molecule has 3 aliphatic heterocycles. The van der Waals surface area contributed by atoms with Gasteiger partial charge in [-0.2, -0.15) is 18.3 Å². The number of nitrogens with zero attached hydrogens (tertiary/aromatic N) is 4. The molecule has 3 aliphatic carbocycles. The average molecular weight is 417 g/mol. The minimum absolute atomic E-state index is 0.157. The first kappa shape index (κ1) is 17.5. The van der Waals surface area contributed by atoms with E-state index in [1.54, 1.807) is 0 Å². The first-order valence-corrected chi connectivity index (χ1v) is 10.6. The Morgan fingerprint density at radius 1 is 1.23 bits per heavy atom. The molecule has 8 rings (SSSR count). The highest BCUT2D eigenvalue weighted by Crippen LogP contribution is 2.86. The maximum atomic E-state index is 13.3. The standard InChI is InChI=1S/C21H22F3N5O/c22-21(23,24)13-3-11(5-26-19(13)25)15-4-16(29(27-15)6-10-1-2-10)20-14-7-28(12-8-30-9-12)18(20)17(14)20/h3-5,10,12,14,17-18H,1-2,6-9H2,(H2,25,26)/t14-,17-,18?,20-/m0/s1. The summed E-state index contributed by atoms with van der Waals surface area (Å²) < 4.78 is 47.4. The van der Waals surface area contributed by atoms with Gasteiger partial charge in [-0.25, -0.2) is 4.98 Å². The minimum atomic E-state index is -4.53. The van der Waals surface area contributed by atoms with Crippen LogP contribution in [0, 0.1) is 17.8 Å². The van der Waals surface area contributed by atoms with E-state index in [4.69, 9.17) is 15.6 Å². The van der Waals surface area contributed by atoms with E-state index in [-0.39, 0.29) is 5.41 Å². The lowest BCUT2D eigenvalue weighted by Gasteiger charge is -2.34. The lowest BCUT2D eigenvalue weighted by Crippen LogP contribution is -2.48. The number of pyridine rings is 1. The van der Waals surface area contributed by atoms with Crippen LogP contribution in [0.15, 0.2) is 18.3 Å². The van der Waals surface area contributed by atoms with Crippen LogP contribution in [0.3, 0.4) is 0 Å². The van der Waals surface area contributed by atoms with E-state index in [2.05, 4.69) is 14.6 Å². The van der Waals surface area contributed by atoms with Crippen molar-refractivity contribution in [3.05, 3.63) is 29.6 Å². The van der Waals surface area contributed by atoms with Crippen LogP contribution in [0.25, 0.3) is 11.3 Å². The Kier molecular flexibility index (Phi) is 3.14. The van der Waals surface area contributed by atoms with Gasteiger partial charge in [-0.1, -0.05) is 0 Å². The number of halogens is 3. The van der Waals surface area contributed by atoms with Gasteiger partial charge in [-0.15, -0.1) is 0 Å². The van der Waals surface area contributed by atoms with Gasteiger partial charge in [-0.05, 0) is 42.7 Å². The summed E-state index contributed by atoms with van der Waals surface area (Å²) in [7, 11) is 0. The summed E-state index contributed by atoms with van der Waals surface area (Å²) >= 11 is 0. The number of hydrogen-bond donors (Lipinski definition) is 1. The third kappa shape index (κ3) is 2.17. The minimum Gasteiger partial charge on any atom is -0.383 e. The largest absolute Gasteiger partial charge is 0.419 e. The molecule has 1 unspecified atom stereocenters. The number of nitrogen functional groups attached to an aromatic ring is 1. The van der Waals surface area contributed by atoms with Crippen LogP contribution in [0.1, 0.15) is 24.1 Å². The molecule has 30 heavy (non-hydrogen) atoms. The molecule has 0 amide bonds. The topological polar surface area (TPSA) is 69.2 Å². The molecule has 2 aromatic heterocycles. The maximum absolute atomic E-state index is 13.3. The highest BCUT2D eigenvalue weighted by molar-refractivity contribution is 5.65. The first-order valence-electron chi connectivity index (χ1n) is 10.6. The van der Waals surface area contributed by atoms with Gasteiger partial charge in [0.15, 0.2) is 0 Å². The van der Waals surface area contributed by atoms with E-state index in [9.17, 15) is 13.2 Å². The van der Waals surface area contributed by atoms with Gasteiger partial charge in [0.1, 0.15) is 5.82 Å². The van der Waals surface area contributed by atoms with Crippen LogP contribution >= 0.6 is 0 Å². The zero-order valence-corrected chi connectivity index (χ0v) is 16.3. The molecule has 3 saturated carbocycles. The van der Waals surface area contributed by atoms with Crippen molar-refractivity contribution in [1.29, 1.82) is 0 Å². The number of ether oxygens (including phenoxy) is 1. The molecular formula is C21H22F3N5O. The van der Waals surface area contributed by atoms with E-state index < -0.39 is 17.6 Å². The molecule has 6 aliphatic rings. The summed E-state index contributed by atoms with van der Waals surface area (Å²) in [6.07, 6.45) is -0.732. The number of piperidine rings is 1. The first-order chi connectivity index (χ1) is 14.4. The van der Waals surface area contributed by atoms with Crippen LogP contribution < -0.4 is 5.73 Å². The summed E-state index contributed by atoms with van der Waals surface area (Å²) in [4.78, 5) is 6.40. The van der Waals surface area contributed by atoms with Gasteiger partial charge < -0.3 is 10.5 Å². The predicted molar refractivity (Wildman–Crippen MR) is 101 cm³/mol. The number of nitrogens with two attached hydrogens (primary N) is 1. The van der Waals surface area contributed by atoms with Gasteiger partial charge in [0.05, 0.1) is 30.5 Å². The van der Waals surface area contributed by atoms with E-state index in [0.717, 1.165) is 32.4 Å². The number of alkyl halides is 3. The lowest BCUT2D eigenvalue weighted by atomic mass is 10.0. The van der Waals surface area contributed by atoms with Crippen molar-refractivity contribution < 1.29 is 17.9 Å². The molecule has 6 fully saturated rings. The fourth-order valence-corrected chi connectivity index (χ4v) is 6.07. The van der Waals surface area contributed by atoms with Crippen LogP contribution in [0.4, 0.5) is 19.0 Å². The second-order valence-electron chi connectivity index (χ2n) is 9.59. The Morgan fingerprint density at radius 3 is 2.67 bits per heavy atom. The second-order valence-corrected chi connectivity index (χ2v) is 9.59. The van der Waals surface area contributed by atoms with Gasteiger partial charge in [0.2, 0.25) is 0 Å². The normalized spacial score (nSPS) is 34.7. The SMILES string of the molecule is Nc1ncc(-c2cc([C@]34C5[C@@H]3[C@@H]4CN5C3COC3)n(CC3CC3)n2)cc1C(F)(F)F. The van der Waals surface area contributed by atoms with Crippen LogP contribution in [-0.2, 0) is 22.9 Å². The van der Waals surface area contributed by atoms with E-state index >= 15 is 0 Å². The van der Waals surface area contributed by atoms with Gasteiger partial charge >= 0.3 is 6.18 Å². The molecule has 158 valence electrons. The molecule has 5 heterocycles. The van der Waals surface area contributed by atoms with Crippen molar-refractivity contribution in [2.45, 2.75) is 43.1 Å². The van der Waals surface area contributed by atoms with Crippen molar-refractivity contribution in [2.24, 2.45) is 17.8 Å². The molecule has 4 atom stereocenters. The average Bonchev–Trinajstić information content (AvgIpc) is 3.57. The summed E-state index contributed by atoms with van der Waals surface area (Å²) in [6, 6.07) is 4.18. The second kappa shape index (κ2) is 5.37. The summed E-state index contributed by atoms with van der Waals surface area (Å²) in [5, 5.41) is 4.77. The molecule has 2 N–H and O–H groups in total. The van der Waals surface area contributed by atoms with Crippen molar-refractivity contribution in [1.82, 2.24) is 19.7 Å². The number of fused-ring (bicyclic) bond motifs is 1. The summed E-state index contributed by atoms with van der Waals surface area (Å²) in [5.41, 5.74) is 6.88. The Morgan fingerprint density at radius 2 is 2.03 bits per heavy atom. The van der Waals surface area contributed by atoms with Crippen molar-refractivity contribution in [2.75, 3.05) is 25.5 Å². The van der Waals surface area contributed by atoms with Crippen molar-refractivity contribution in [3.63, 3.8) is 0 Å². The molecule has 2 aromatic rings. The molecule has 0 radical (unpaired) electrons. The van der Waals surface area contributed by atoms with Crippen LogP contribution in [0.2, 0.25) is 0 Å². The van der Waals surface area contributed by atoms with Crippen LogP contribution in [-0.4, -0.2) is 51.5 Å². The van der Waals surface area contributed by atoms with E-state index in [0.29, 0.717) is 41.1 Å². The van der Waals surface area contributed by atoms with Gasteiger partial charge in [0.25, 0.3) is 0 Å². The zero-order chi connectivity index (χ0) is 20.4. The molecular weight excluding hydrogens is 395 g/mol. The predicted octanol–water partition coefficient (Wildman–Crippen LogP) is 2.54. The summed E-state index contributed by atoms with van der Waals surface area (Å²) in [5.74, 6) is 1.47. The van der Waals surface area contributed by atoms with E-state index in [1.807, 2.05) is 6.07 Å². The van der Waals surface area contributed by atoms with Crippen molar-refractivity contribution in [3.8, 4) is 11.3 Å². The summed E-state index contributed by atoms with van der Waals surface area (Å²) in [6.45, 7) is 3.59. The molecule has 6 nitrogen and oxygen atoms in total. The maximum Gasteiger partial charge on any atom is 0.419 e. The quantitative estimate of drug-likeness (QED) is 0.810. The molecule has 0 aromatic carbocycles. The lowest BCUT2D eigenvalue weighted by molar-refractivity contribution is -0.137. The molecule has 0 spiro atoms. The van der Waals surface area contributed by atoms with Crippen molar-refractivity contribution >= 4 is 5.82 Å². The number of aromatic nitrogens is 3. The van der Waals surface area contributed by atoms with Gasteiger partial charge in [0, 0.05) is 42.0 Å². The smallest absolute Gasteiger partial charge is 0.383 e. The monoisotopic (exact) mass is 417 g/mol. The Labute approximate surface area is 171 Å². The third-order valence-corrected chi connectivity index (χ3v) is 7.94. The molecule has 3 saturated heterocycles.